The summed E-state index contributed by atoms with van der Waals surface area (Å²) < 4.78 is 1.48. The number of hydrogen-bond acceptors (Lipinski definition) is 8. The van der Waals surface area contributed by atoms with Crippen molar-refractivity contribution in [3.05, 3.63) is 41.5 Å². The molecule has 0 aromatic carbocycles. The van der Waals surface area contributed by atoms with E-state index in [1.807, 2.05) is 13.0 Å². The van der Waals surface area contributed by atoms with Crippen molar-refractivity contribution in [2.45, 2.75) is 52.9 Å². The van der Waals surface area contributed by atoms with E-state index in [9.17, 15) is 14.7 Å². The average Bonchev–Trinajstić information content (AvgIpc) is 3.32. The van der Waals surface area contributed by atoms with E-state index < -0.39 is 5.41 Å². The molecule has 0 bridgehead atoms. The van der Waals surface area contributed by atoms with Crippen LogP contribution in [0.3, 0.4) is 0 Å². The van der Waals surface area contributed by atoms with Crippen LogP contribution in [-0.4, -0.2) is 66.7 Å². The van der Waals surface area contributed by atoms with Gasteiger partial charge in [-0.25, -0.2) is 4.98 Å². The highest BCUT2D eigenvalue weighted by molar-refractivity contribution is 6.00. The number of nitrogens with one attached hydrogen (secondary N) is 1. The lowest BCUT2D eigenvalue weighted by Gasteiger charge is -2.37. The summed E-state index contributed by atoms with van der Waals surface area (Å²) in [5, 5.41) is 21.9. The molecule has 10 heteroatoms. The first-order chi connectivity index (χ1) is 17.1. The highest BCUT2D eigenvalue weighted by Crippen LogP contribution is 2.36. The van der Waals surface area contributed by atoms with E-state index in [1.165, 1.54) is 11.4 Å². The van der Waals surface area contributed by atoms with Crippen LogP contribution in [0.25, 0.3) is 16.8 Å². The molecule has 1 atom stereocenters. The van der Waals surface area contributed by atoms with Gasteiger partial charge in [-0.1, -0.05) is 13.0 Å². The van der Waals surface area contributed by atoms with Gasteiger partial charge < -0.3 is 21.1 Å². The fraction of sp³-hybridized carbons (Fsp3) is 0.462. The number of aliphatic hydroxyl groups excluding tert-OH is 1. The number of piperidine rings is 1. The minimum Gasteiger partial charge on any atom is -0.395 e. The summed E-state index contributed by atoms with van der Waals surface area (Å²) in [6.07, 6.45) is 5.17. The first kappa shape index (κ1) is 25.4. The van der Waals surface area contributed by atoms with Crippen molar-refractivity contribution in [1.82, 2.24) is 24.5 Å². The minimum absolute atomic E-state index is 0.0464. The molecule has 3 aromatic rings. The summed E-state index contributed by atoms with van der Waals surface area (Å²) in [5.74, 6) is -0.0364. The number of ketones is 1. The molecule has 190 valence electrons. The van der Waals surface area contributed by atoms with Crippen LogP contribution < -0.4 is 5.73 Å². The van der Waals surface area contributed by atoms with E-state index in [-0.39, 0.29) is 30.0 Å². The van der Waals surface area contributed by atoms with Gasteiger partial charge in [0.25, 0.3) is 0 Å². The van der Waals surface area contributed by atoms with Gasteiger partial charge in [0.1, 0.15) is 5.82 Å². The quantitative estimate of drug-likeness (QED) is 0.339. The fourth-order valence-electron chi connectivity index (χ4n) is 4.74. The number of nitrogen functional groups attached to an aromatic ring is 1. The molecule has 3 aromatic heterocycles. The molecule has 1 unspecified atom stereocenters. The number of fused-ring (bicyclic) bond motifs is 1. The molecule has 1 fully saturated rings. The predicted molar refractivity (Wildman–Crippen MR) is 137 cm³/mol. The zero-order valence-corrected chi connectivity index (χ0v) is 21.2. The van der Waals surface area contributed by atoms with E-state index >= 15 is 0 Å². The number of carbonyl (C=O) groups is 2. The van der Waals surface area contributed by atoms with Crippen molar-refractivity contribution in [2.75, 3.05) is 25.4 Å². The number of likely N-dealkylation sites (tertiary alicyclic amines) is 1. The molecule has 1 aliphatic rings. The van der Waals surface area contributed by atoms with Gasteiger partial charge >= 0.3 is 0 Å². The minimum atomic E-state index is -0.786. The predicted octanol–water partition coefficient (Wildman–Crippen LogP) is 3.08. The maximum Gasteiger partial charge on any atom is 0.230 e. The smallest absolute Gasteiger partial charge is 0.230 e. The third kappa shape index (κ3) is 4.37. The van der Waals surface area contributed by atoms with Crippen LogP contribution >= 0.6 is 0 Å². The third-order valence-electron chi connectivity index (χ3n) is 7.34. The van der Waals surface area contributed by atoms with Gasteiger partial charge in [0.15, 0.2) is 11.4 Å². The molecule has 0 aliphatic carbocycles. The van der Waals surface area contributed by atoms with Crippen LogP contribution in [-0.2, 0) is 4.79 Å². The molecule has 10 nitrogen and oxygen atoms in total. The zero-order chi connectivity index (χ0) is 26.2. The molecule has 4 N–H and O–H groups in total. The van der Waals surface area contributed by atoms with E-state index in [2.05, 4.69) is 10.1 Å². The summed E-state index contributed by atoms with van der Waals surface area (Å²) in [5.41, 5.74) is 9.67. The van der Waals surface area contributed by atoms with Gasteiger partial charge in [-0.15, -0.1) is 0 Å². The number of pyridine rings is 1. The van der Waals surface area contributed by atoms with Crippen LogP contribution in [0.2, 0.25) is 0 Å². The van der Waals surface area contributed by atoms with E-state index in [1.54, 1.807) is 37.2 Å². The van der Waals surface area contributed by atoms with Crippen LogP contribution in [0, 0.1) is 10.8 Å². The highest BCUT2D eigenvalue weighted by atomic mass is 16.3. The van der Waals surface area contributed by atoms with Gasteiger partial charge in [-0.2, -0.15) is 9.61 Å². The Bertz CT molecular complexity index is 1320. The largest absolute Gasteiger partial charge is 0.395 e. The number of nitrogens with two attached hydrogens (primary N) is 1. The molecule has 4 heterocycles. The van der Waals surface area contributed by atoms with Crippen molar-refractivity contribution in [3.8, 4) is 11.1 Å². The van der Waals surface area contributed by atoms with Crippen LogP contribution in [0.15, 0.2) is 24.5 Å². The van der Waals surface area contributed by atoms with Crippen molar-refractivity contribution >= 4 is 28.9 Å². The Labute approximate surface area is 210 Å². The zero-order valence-electron chi connectivity index (χ0n) is 21.2. The average molecular weight is 492 g/mol. The van der Waals surface area contributed by atoms with Gasteiger partial charge in [-0.05, 0) is 46.1 Å². The number of carbonyl (C=O) groups excluding carboxylic acids is 2. The van der Waals surface area contributed by atoms with E-state index in [0.29, 0.717) is 60.7 Å². The molecule has 0 spiro atoms. The normalized spacial score (nSPS) is 16.2. The molecule has 36 heavy (non-hydrogen) atoms. The highest BCUT2D eigenvalue weighted by Gasteiger charge is 2.37. The maximum atomic E-state index is 13.0. The summed E-state index contributed by atoms with van der Waals surface area (Å²) in [4.78, 5) is 36.7. The maximum absolute atomic E-state index is 13.0. The Morgan fingerprint density at radius 2 is 1.92 bits per heavy atom. The number of hydrogen-bond donors (Lipinski definition) is 3. The number of nitrogens with zero attached hydrogens (tertiary/aromatic N) is 5. The molecule has 4 rings (SSSR count). The summed E-state index contributed by atoms with van der Waals surface area (Å²) in [7, 11) is 0. The first-order valence-electron chi connectivity index (χ1n) is 12.2. The topological polar surface area (TPSA) is 151 Å². The standard InChI is InChI=1S/C26H33N7O3/c1-5-26(4,14-34)25(36)32-10-8-17(9-11-32)22-21(16(3)35)23(28)33-24(31-22)19(13-30-33)18-6-7-20(15(2)27)29-12-18/h6-7,12-13,17,27,34H,5,8-11,14,28H2,1-4H3. The number of aromatic nitrogens is 4. The van der Waals surface area contributed by atoms with E-state index in [0.717, 1.165) is 11.1 Å². The van der Waals surface area contributed by atoms with Crippen LogP contribution in [0.5, 0.6) is 0 Å². The molecular weight excluding hydrogens is 458 g/mol. The third-order valence-corrected chi connectivity index (χ3v) is 7.34. The van der Waals surface area contributed by atoms with Crippen LogP contribution in [0.1, 0.15) is 74.6 Å². The second-order valence-corrected chi connectivity index (χ2v) is 9.80. The molecule has 1 saturated heterocycles. The second kappa shape index (κ2) is 9.77. The molecule has 0 radical (unpaired) electrons. The van der Waals surface area contributed by atoms with E-state index in [4.69, 9.17) is 16.1 Å². The molecule has 1 aliphatic heterocycles. The Morgan fingerprint density at radius 3 is 2.44 bits per heavy atom. The summed E-state index contributed by atoms with van der Waals surface area (Å²) in [6.45, 7) is 7.69. The number of amides is 1. The lowest BCUT2D eigenvalue weighted by Crippen LogP contribution is -2.47. The van der Waals surface area contributed by atoms with Gasteiger partial charge in [-0.3, -0.25) is 14.6 Å². The molecule has 1 amide bonds. The van der Waals surface area contributed by atoms with Crippen molar-refractivity contribution in [2.24, 2.45) is 5.41 Å². The van der Waals surface area contributed by atoms with Gasteiger partial charge in [0.2, 0.25) is 5.91 Å². The SMILES string of the molecule is CCC(C)(CO)C(=O)N1CCC(c2nc3c(-c4ccc(C(C)=N)nc4)cnn3c(N)c2C(C)=O)CC1. The fourth-order valence-corrected chi connectivity index (χ4v) is 4.74. The Morgan fingerprint density at radius 1 is 1.22 bits per heavy atom. The first-order valence-corrected chi connectivity index (χ1v) is 12.2. The number of rotatable bonds is 7. The Kier molecular flexibility index (Phi) is 6.90. The summed E-state index contributed by atoms with van der Waals surface area (Å²) in [6, 6.07) is 3.64. The number of anilines is 1. The Balaban J connectivity index is 1.70. The lowest BCUT2D eigenvalue weighted by atomic mass is 9.84. The van der Waals surface area contributed by atoms with Crippen LogP contribution in [0.4, 0.5) is 5.82 Å². The monoisotopic (exact) mass is 491 g/mol. The lowest BCUT2D eigenvalue weighted by molar-refractivity contribution is -0.144. The molecule has 0 saturated carbocycles. The van der Waals surface area contributed by atoms with Crippen molar-refractivity contribution in [3.63, 3.8) is 0 Å². The Hall–Kier alpha value is -3.66. The summed E-state index contributed by atoms with van der Waals surface area (Å²) >= 11 is 0. The number of Topliss-reactive ketones (excluding diaryl/α,β-unsaturated/α-hetero) is 1. The van der Waals surface area contributed by atoms with Crippen molar-refractivity contribution < 1.29 is 14.7 Å². The van der Waals surface area contributed by atoms with Gasteiger partial charge in [0, 0.05) is 36.3 Å². The molecular formula is C26H33N7O3. The second-order valence-electron chi connectivity index (χ2n) is 9.80. The number of aliphatic hydroxyl groups is 1. The van der Waals surface area contributed by atoms with Gasteiger partial charge in [0.05, 0.1) is 40.9 Å². The van der Waals surface area contributed by atoms with Crippen molar-refractivity contribution in [1.29, 1.82) is 5.41 Å².